The molecule has 0 bridgehead atoms. The highest BCUT2D eigenvalue weighted by molar-refractivity contribution is 14.0. The first-order valence-corrected chi connectivity index (χ1v) is 9.41. The molecule has 1 N–H and O–H groups in total. The molecule has 0 atom stereocenters. The third-order valence-electron chi connectivity index (χ3n) is 4.63. The first-order chi connectivity index (χ1) is 12.7. The number of aromatic nitrogens is 1. The number of nitrogens with one attached hydrogen (secondary N) is 1. The molecule has 1 aromatic heterocycles. The van der Waals surface area contributed by atoms with Crippen LogP contribution in [0, 0.1) is 6.92 Å². The van der Waals surface area contributed by atoms with E-state index in [0.29, 0.717) is 0 Å². The third kappa shape index (κ3) is 6.24. The monoisotopic (exact) mass is 499 g/mol. The number of hydrogen-bond donors (Lipinski definition) is 1. The van der Waals surface area contributed by atoms with E-state index in [-0.39, 0.29) is 24.0 Å². The molecule has 0 radical (unpaired) electrons. The van der Waals surface area contributed by atoms with Crippen molar-refractivity contribution in [3.8, 4) is 0 Å². The number of nitrogens with zero attached hydrogens (tertiary/aromatic N) is 4. The van der Waals surface area contributed by atoms with Gasteiger partial charge in [-0.25, -0.2) is 0 Å². The fraction of sp³-hybridized carbons (Fsp3) is 0.400. The predicted octanol–water partition coefficient (Wildman–Crippen LogP) is 3.60. The Morgan fingerprint density at radius 1 is 1.19 bits per heavy atom. The van der Waals surface area contributed by atoms with Crippen LogP contribution in [0.4, 0.5) is 5.69 Å². The third-order valence-corrected chi connectivity index (χ3v) is 4.87. The summed E-state index contributed by atoms with van der Waals surface area (Å²) >= 11 is 6.11. The predicted molar refractivity (Wildman–Crippen MR) is 125 cm³/mol. The molecule has 7 heteroatoms. The molecule has 0 saturated carbocycles. The van der Waals surface area contributed by atoms with Crippen molar-refractivity contribution in [1.29, 1.82) is 0 Å². The molecule has 1 fully saturated rings. The van der Waals surface area contributed by atoms with Gasteiger partial charge in [0.1, 0.15) is 0 Å². The largest absolute Gasteiger partial charge is 0.368 e. The zero-order valence-electron chi connectivity index (χ0n) is 15.9. The number of guanidine groups is 1. The van der Waals surface area contributed by atoms with Gasteiger partial charge in [-0.3, -0.25) is 9.98 Å². The van der Waals surface area contributed by atoms with Crippen LogP contribution in [0.3, 0.4) is 0 Å². The average Bonchev–Trinajstić information content (AvgIpc) is 2.67. The second-order valence-corrected chi connectivity index (χ2v) is 6.92. The molecule has 0 amide bonds. The highest BCUT2D eigenvalue weighted by Gasteiger charge is 2.19. The van der Waals surface area contributed by atoms with Crippen LogP contribution in [0.15, 0.2) is 47.6 Å². The van der Waals surface area contributed by atoms with Gasteiger partial charge in [-0.05, 0) is 43.2 Å². The molecule has 1 aliphatic heterocycles. The maximum absolute atomic E-state index is 6.11. The number of pyridine rings is 1. The molecule has 27 heavy (non-hydrogen) atoms. The van der Waals surface area contributed by atoms with Crippen molar-refractivity contribution in [1.82, 2.24) is 15.2 Å². The SMILES string of the molecule is CN=C(NCCc1ccc(C)nc1)N1CCN(c2cccc(Cl)c2)CC1.I. The lowest BCUT2D eigenvalue weighted by Crippen LogP contribution is -2.52. The van der Waals surface area contributed by atoms with Gasteiger partial charge in [0.25, 0.3) is 0 Å². The highest BCUT2D eigenvalue weighted by Crippen LogP contribution is 2.20. The lowest BCUT2D eigenvalue weighted by molar-refractivity contribution is 0.373. The van der Waals surface area contributed by atoms with Crippen LogP contribution in [-0.4, -0.2) is 55.6 Å². The van der Waals surface area contributed by atoms with Gasteiger partial charge in [0, 0.05) is 62.4 Å². The smallest absolute Gasteiger partial charge is 0.193 e. The van der Waals surface area contributed by atoms with Gasteiger partial charge in [0.2, 0.25) is 0 Å². The number of halogens is 2. The molecule has 1 aliphatic rings. The first kappa shape index (κ1) is 21.8. The van der Waals surface area contributed by atoms with Crippen molar-refractivity contribution in [3.63, 3.8) is 0 Å². The minimum absolute atomic E-state index is 0. The Morgan fingerprint density at radius 2 is 1.96 bits per heavy atom. The second kappa shape index (κ2) is 10.7. The van der Waals surface area contributed by atoms with Crippen LogP contribution in [0.5, 0.6) is 0 Å². The molecular weight excluding hydrogens is 473 g/mol. The standard InChI is InChI=1S/C20H26ClN5.HI/c1-16-6-7-17(15-24-16)8-9-23-20(22-2)26-12-10-25(11-13-26)19-5-3-4-18(21)14-19;/h3-7,14-15H,8-13H2,1-2H3,(H,22,23);1H. The van der Waals surface area contributed by atoms with Crippen molar-refractivity contribution < 1.29 is 0 Å². The van der Waals surface area contributed by atoms with E-state index in [9.17, 15) is 0 Å². The Bertz CT molecular complexity index is 742. The van der Waals surface area contributed by atoms with Gasteiger partial charge in [-0.1, -0.05) is 23.7 Å². The number of anilines is 1. The summed E-state index contributed by atoms with van der Waals surface area (Å²) in [6, 6.07) is 12.3. The van der Waals surface area contributed by atoms with E-state index < -0.39 is 0 Å². The van der Waals surface area contributed by atoms with Crippen LogP contribution in [0.2, 0.25) is 5.02 Å². The molecule has 3 rings (SSSR count). The molecule has 2 aromatic rings. The maximum atomic E-state index is 6.11. The number of aliphatic imine (C=N–C) groups is 1. The number of hydrogen-bond acceptors (Lipinski definition) is 3. The van der Waals surface area contributed by atoms with Crippen molar-refractivity contribution in [2.45, 2.75) is 13.3 Å². The summed E-state index contributed by atoms with van der Waals surface area (Å²) in [6.07, 6.45) is 2.89. The van der Waals surface area contributed by atoms with Crippen molar-refractivity contribution in [3.05, 3.63) is 58.9 Å². The van der Waals surface area contributed by atoms with Crippen LogP contribution in [0.1, 0.15) is 11.3 Å². The Labute approximate surface area is 183 Å². The molecule has 1 saturated heterocycles. The number of rotatable bonds is 4. The van der Waals surface area contributed by atoms with Crippen LogP contribution in [-0.2, 0) is 6.42 Å². The van der Waals surface area contributed by atoms with Gasteiger partial charge in [-0.2, -0.15) is 0 Å². The molecule has 2 heterocycles. The van der Waals surface area contributed by atoms with Crippen LogP contribution < -0.4 is 10.2 Å². The summed E-state index contributed by atoms with van der Waals surface area (Å²) in [4.78, 5) is 13.5. The Balaban J connectivity index is 0.00000261. The Hall–Kier alpha value is -1.54. The Morgan fingerprint density at radius 3 is 2.59 bits per heavy atom. The maximum Gasteiger partial charge on any atom is 0.193 e. The van der Waals surface area contributed by atoms with Gasteiger partial charge in [0.15, 0.2) is 5.96 Å². The van der Waals surface area contributed by atoms with E-state index in [4.69, 9.17) is 11.6 Å². The normalized spacial score (nSPS) is 14.7. The quantitative estimate of drug-likeness (QED) is 0.397. The average molecular weight is 500 g/mol. The summed E-state index contributed by atoms with van der Waals surface area (Å²) in [6.45, 7) is 6.67. The molecule has 0 aliphatic carbocycles. The van der Waals surface area contributed by atoms with Crippen LogP contribution >= 0.6 is 35.6 Å². The lowest BCUT2D eigenvalue weighted by Gasteiger charge is -2.37. The summed E-state index contributed by atoms with van der Waals surface area (Å²) in [7, 11) is 1.85. The number of benzene rings is 1. The molecule has 146 valence electrons. The molecule has 0 spiro atoms. The van der Waals surface area contributed by atoms with E-state index in [1.54, 1.807) is 0 Å². The zero-order valence-corrected chi connectivity index (χ0v) is 18.9. The highest BCUT2D eigenvalue weighted by atomic mass is 127. The van der Waals surface area contributed by atoms with E-state index in [1.807, 2.05) is 38.4 Å². The summed E-state index contributed by atoms with van der Waals surface area (Å²) in [5, 5.41) is 4.26. The van der Waals surface area contributed by atoms with E-state index in [0.717, 1.165) is 55.8 Å². The fourth-order valence-electron chi connectivity index (χ4n) is 3.15. The molecule has 5 nitrogen and oxygen atoms in total. The first-order valence-electron chi connectivity index (χ1n) is 9.03. The lowest BCUT2D eigenvalue weighted by atomic mass is 10.2. The summed E-state index contributed by atoms with van der Waals surface area (Å²) in [5.74, 6) is 0.968. The topological polar surface area (TPSA) is 43.8 Å². The zero-order chi connectivity index (χ0) is 18.4. The van der Waals surface area contributed by atoms with Crippen molar-refractivity contribution >= 4 is 47.2 Å². The van der Waals surface area contributed by atoms with Gasteiger partial charge < -0.3 is 15.1 Å². The van der Waals surface area contributed by atoms with Gasteiger partial charge in [0.05, 0.1) is 0 Å². The fourth-order valence-corrected chi connectivity index (χ4v) is 3.33. The van der Waals surface area contributed by atoms with E-state index >= 15 is 0 Å². The van der Waals surface area contributed by atoms with Crippen molar-refractivity contribution in [2.75, 3.05) is 44.7 Å². The molecule has 1 aromatic carbocycles. The molecular formula is C20H27ClIN5. The number of aryl methyl sites for hydroxylation is 1. The van der Waals surface area contributed by atoms with E-state index in [1.165, 1.54) is 11.3 Å². The van der Waals surface area contributed by atoms with Gasteiger partial charge >= 0.3 is 0 Å². The second-order valence-electron chi connectivity index (χ2n) is 6.49. The van der Waals surface area contributed by atoms with E-state index in [2.05, 4.69) is 43.3 Å². The summed E-state index contributed by atoms with van der Waals surface area (Å²) < 4.78 is 0. The van der Waals surface area contributed by atoms with Gasteiger partial charge in [-0.15, -0.1) is 24.0 Å². The molecule has 0 unspecified atom stereocenters. The minimum Gasteiger partial charge on any atom is -0.368 e. The number of piperazine rings is 1. The minimum atomic E-state index is 0. The van der Waals surface area contributed by atoms with Crippen LogP contribution in [0.25, 0.3) is 0 Å². The van der Waals surface area contributed by atoms with Crippen molar-refractivity contribution in [2.24, 2.45) is 4.99 Å². The Kier molecular flexibility index (Phi) is 8.63. The summed E-state index contributed by atoms with van der Waals surface area (Å²) in [5.41, 5.74) is 3.48.